The van der Waals surface area contributed by atoms with E-state index in [2.05, 4.69) is 10.6 Å². The molecule has 1 rings (SSSR count). The minimum absolute atomic E-state index is 0.0569. The van der Waals surface area contributed by atoms with Crippen LogP contribution in [-0.2, 0) is 16.1 Å². The highest BCUT2D eigenvalue weighted by molar-refractivity contribution is 5.90. The summed E-state index contributed by atoms with van der Waals surface area (Å²) in [6.07, 6.45) is 1.62. The number of amides is 1. The fourth-order valence-electron chi connectivity index (χ4n) is 1.60. The first-order valence-electron chi connectivity index (χ1n) is 6.77. The lowest BCUT2D eigenvalue weighted by Gasteiger charge is -2.09. The third kappa shape index (κ3) is 6.94. The van der Waals surface area contributed by atoms with Crippen LogP contribution in [0.4, 0.5) is 5.69 Å². The van der Waals surface area contributed by atoms with Gasteiger partial charge in [-0.3, -0.25) is 4.79 Å². The minimum Gasteiger partial charge on any atom is -0.374 e. The maximum Gasteiger partial charge on any atom is 0.224 e. The highest BCUT2D eigenvalue weighted by atomic mass is 16.5. The van der Waals surface area contributed by atoms with Crippen molar-refractivity contribution in [1.29, 1.82) is 0 Å². The summed E-state index contributed by atoms with van der Waals surface area (Å²) < 4.78 is 5.52. The van der Waals surface area contributed by atoms with Crippen LogP contribution in [0.3, 0.4) is 0 Å². The van der Waals surface area contributed by atoms with E-state index >= 15 is 0 Å². The van der Waals surface area contributed by atoms with Crippen molar-refractivity contribution in [1.82, 2.24) is 5.32 Å². The van der Waals surface area contributed by atoms with Crippen LogP contribution in [-0.4, -0.2) is 25.6 Å². The van der Waals surface area contributed by atoms with Gasteiger partial charge < -0.3 is 15.4 Å². The highest BCUT2D eigenvalue weighted by Crippen LogP contribution is 2.11. The Hall–Kier alpha value is -1.39. The first-order valence-corrected chi connectivity index (χ1v) is 6.77. The lowest BCUT2D eigenvalue weighted by atomic mass is 10.2. The third-order valence-corrected chi connectivity index (χ3v) is 2.65. The number of nitrogens with one attached hydrogen (secondary N) is 2. The Morgan fingerprint density at radius 1 is 1.26 bits per heavy atom. The molecule has 0 bridgehead atoms. The highest BCUT2D eigenvalue weighted by Gasteiger charge is 2.02. The molecule has 0 saturated carbocycles. The lowest BCUT2D eigenvalue weighted by Crippen LogP contribution is -2.15. The van der Waals surface area contributed by atoms with Gasteiger partial charge in [-0.1, -0.05) is 12.1 Å². The monoisotopic (exact) mass is 264 g/mol. The Kier molecular flexibility index (Phi) is 7.15. The van der Waals surface area contributed by atoms with Gasteiger partial charge in [0.25, 0.3) is 0 Å². The first-order chi connectivity index (χ1) is 9.11. The van der Waals surface area contributed by atoms with Crippen molar-refractivity contribution in [3.8, 4) is 0 Å². The van der Waals surface area contributed by atoms with Crippen LogP contribution in [0.15, 0.2) is 24.3 Å². The predicted molar refractivity (Wildman–Crippen MR) is 78.2 cm³/mol. The van der Waals surface area contributed by atoms with Crippen LogP contribution < -0.4 is 10.6 Å². The molecule has 0 heterocycles. The molecule has 0 atom stereocenters. The summed E-state index contributed by atoms with van der Waals surface area (Å²) in [4.78, 5) is 11.6. The molecule has 0 aliphatic carbocycles. The largest absolute Gasteiger partial charge is 0.374 e. The molecule has 0 aromatic heterocycles. The summed E-state index contributed by atoms with van der Waals surface area (Å²) in [6, 6.07) is 7.78. The number of anilines is 1. The van der Waals surface area contributed by atoms with Gasteiger partial charge in [-0.15, -0.1) is 0 Å². The average molecular weight is 264 g/mol. The van der Waals surface area contributed by atoms with Crippen LogP contribution >= 0.6 is 0 Å². The molecule has 1 aromatic carbocycles. The molecular formula is C15H24N2O2. The molecule has 1 amide bonds. The van der Waals surface area contributed by atoms with Gasteiger partial charge in [-0.25, -0.2) is 0 Å². The fraction of sp³-hybridized carbons (Fsp3) is 0.533. The van der Waals surface area contributed by atoms with E-state index in [0.717, 1.165) is 24.2 Å². The van der Waals surface area contributed by atoms with Crippen molar-refractivity contribution in [3.63, 3.8) is 0 Å². The second-order valence-corrected chi connectivity index (χ2v) is 4.81. The van der Waals surface area contributed by atoms with Crippen molar-refractivity contribution >= 4 is 11.6 Å². The van der Waals surface area contributed by atoms with Crippen LogP contribution in [0.1, 0.15) is 32.3 Å². The Labute approximate surface area is 115 Å². The molecule has 0 unspecified atom stereocenters. The Balaban J connectivity index is 2.37. The summed E-state index contributed by atoms with van der Waals surface area (Å²) in [7, 11) is 1.88. The molecule has 0 aliphatic rings. The van der Waals surface area contributed by atoms with Crippen molar-refractivity contribution in [2.75, 3.05) is 18.9 Å². The molecule has 0 spiro atoms. The molecule has 19 heavy (non-hydrogen) atoms. The van der Waals surface area contributed by atoms with Crippen molar-refractivity contribution in [2.24, 2.45) is 0 Å². The molecule has 4 heteroatoms. The molecular weight excluding hydrogens is 240 g/mol. The van der Waals surface area contributed by atoms with Crippen molar-refractivity contribution in [3.05, 3.63) is 29.8 Å². The van der Waals surface area contributed by atoms with E-state index in [1.165, 1.54) is 0 Å². The fourth-order valence-corrected chi connectivity index (χ4v) is 1.60. The second kappa shape index (κ2) is 8.67. The summed E-state index contributed by atoms with van der Waals surface area (Å²) >= 11 is 0. The molecule has 0 fully saturated rings. The van der Waals surface area contributed by atoms with Gasteiger partial charge in [0.2, 0.25) is 5.91 Å². The van der Waals surface area contributed by atoms with Crippen LogP contribution in [0.5, 0.6) is 0 Å². The topological polar surface area (TPSA) is 50.4 Å². The number of ether oxygens (including phenoxy) is 1. The molecule has 0 saturated heterocycles. The number of hydrogen-bond acceptors (Lipinski definition) is 3. The molecule has 0 radical (unpaired) electrons. The Bertz CT molecular complexity index is 374. The van der Waals surface area contributed by atoms with E-state index in [1.54, 1.807) is 0 Å². The maximum atomic E-state index is 11.6. The van der Waals surface area contributed by atoms with Crippen molar-refractivity contribution < 1.29 is 9.53 Å². The molecule has 1 aromatic rings. The molecule has 2 N–H and O–H groups in total. The normalized spacial score (nSPS) is 10.7. The number of rotatable bonds is 8. The zero-order valence-electron chi connectivity index (χ0n) is 12.0. The van der Waals surface area contributed by atoms with E-state index in [0.29, 0.717) is 13.0 Å². The first kappa shape index (κ1) is 15.7. The van der Waals surface area contributed by atoms with E-state index in [-0.39, 0.29) is 12.0 Å². The SMILES string of the molecule is CNCCCC(=O)Nc1ccc(COC(C)C)cc1. The van der Waals surface area contributed by atoms with E-state index in [9.17, 15) is 4.79 Å². The summed E-state index contributed by atoms with van der Waals surface area (Å²) in [5.74, 6) is 0.0569. The molecule has 0 aliphatic heterocycles. The smallest absolute Gasteiger partial charge is 0.224 e. The molecule has 4 nitrogen and oxygen atoms in total. The summed E-state index contributed by atoms with van der Waals surface area (Å²) in [5, 5.41) is 5.91. The number of benzene rings is 1. The van der Waals surface area contributed by atoms with Gasteiger partial charge >= 0.3 is 0 Å². The second-order valence-electron chi connectivity index (χ2n) is 4.81. The predicted octanol–water partition coefficient (Wildman–Crippen LogP) is 2.55. The Morgan fingerprint density at radius 3 is 2.53 bits per heavy atom. The standard InChI is InChI=1S/C15H24N2O2/c1-12(2)19-11-13-6-8-14(9-7-13)17-15(18)5-4-10-16-3/h6-9,12,16H,4-5,10-11H2,1-3H3,(H,17,18). The van der Waals surface area contributed by atoms with Crippen LogP contribution in [0.2, 0.25) is 0 Å². The van der Waals surface area contributed by atoms with Crippen molar-refractivity contribution in [2.45, 2.75) is 39.4 Å². The number of carbonyl (C=O) groups is 1. The van der Waals surface area contributed by atoms with Gasteiger partial charge in [0.05, 0.1) is 12.7 Å². The maximum absolute atomic E-state index is 11.6. The Morgan fingerprint density at radius 2 is 1.95 bits per heavy atom. The van der Waals surface area contributed by atoms with E-state index < -0.39 is 0 Å². The zero-order chi connectivity index (χ0) is 14.1. The van der Waals surface area contributed by atoms with Gasteiger partial charge in [0.15, 0.2) is 0 Å². The lowest BCUT2D eigenvalue weighted by molar-refractivity contribution is -0.116. The van der Waals surface area contributed by atoms with Gasteiger partial charge in [0, 0.05) is 12.1 Å². The van der Waals surface area contributed by atoms with Gasteiger partial charge in [-0.05, 0) is 51.6 Å². The van der Waals surface area contributed by atoms with Gasteiger partial charge in [0.1, 0.15) is 0 Å². The third-order valence-electron chi connectivity index (χ3n) is 2.65. The van der Waals surface area contributed by atoms with E-state index in [1.807, 2.05) is 45.2 Å². The van der Waals surface area contributed by atoms with E-state index in [4.69, 9.17) is 4.74 Å². The minimum atomic E-state index is 0.0569. The summed E-state index contributed by atoms with van der Waals surface area (Å²) in [5.41, 5.74) is 1.95. The number of hydrogen-bond donors (Lipinski definition) is 2. The number of carbonyl (C=O) groups excluding carboxylic acids is 1. The molecule has 106 valence electrons. The van der Waals surface area contributed by atoms with Crippen LogP contribution in [0, 0.1) is 0 Å². The van der Waals surface area contributed by atoms with Crippen LogP contribution in [0.25, 0.3) is 0 Å². The average Bonchev–Trinajstić information content (AvgIpc) is 2.38. The quantitative estimate of drug-likeness (QED) is 0.709. The summed E-state index contributed by atoms with van der Waals surface area (Å²) in [6.45, 7) is 5.49. The van der Waals surface area contributed by atoms with Gasteiger partial charge in [-0.2, -0.15) is 0 Å². The zero-order valence-corrected chi connectivity index (χ0v) is 12.0.